The Morgan fingerprint density at radius 3 is 3.11 bits per heavy atom. The fraction of sp³-hybridized carbons (Fsp3) is 0.400. The summed E-state index contributed by atoms with van der Waals surface area (Å²) >= 11 is 0. The Morgan fingerprint density at radius 2 is 2.67 bits per heavy atom. The molecule has 0 saturated carbocycles. The summed E-state index contributed by atoms with van der Waals surface area (Å²) < 4.78 is 0. The monoisotopic (exact) mass is 128 g/mol. The molecule has 4 heteroatoms. The lowest BCUT2D eigenvalue weighted by atomic mass is 10.7. The molecule has 4 nitrogen and oxygen atoms in total. The molecule has 0 saturated heterocycles. The van der Waals surface area contributed by atoms with Crippen LogP contribution in [0, 0.1) is 0 Å². The Hall–Kier alpha value is -1.03. The zero-order valence-electron chi connectivity index (χ0n) is 5.13. The molecule has 0 fully saturated rings. The largest absolute Gasteiger partial charge is 0.345 e. The highest BCUT2D eigenvalue weighted by Gasteiger charge is 2.11. The first-order valence-corrected chi connectivity index (χ1v) is 2.65. The van der Waals surface area contributed by atoms with Gasteiger partial charge >= 0.3 is 6.03 Å². The van der Waals surface area contributed by atoms with Crippen LogP contribution in [-0.4, -0.2) is 24.7 Å². The summed E-state index contributed by atoms with van der Waals surface area (Å²) in [7, 11) is 1.55. The molecular formula is C5H8N2O2. The maximum Gasteiger partial charge on any atom is 0.345 e. The Balaban J connectivity index is 2.43. The first-order chi connectivity index (χ1) is 4.34. The first-order valence-electron chi connectivity index (χ1n) is 2.65. The number of amides is 2. The molecule has 0 bridgehead atoms. The number of nitrogens with one attached hydrogen (secondary N) is 1. The van der Waals surface area contributed by atoms with Crippen LogP contribution in [0.15, 0.2) is 12.3 Å². The number of nitrogens with zero attached hydrogens (tertiary/aromatic N) is 1. The van der Waals surface area contributed by atoms with Crippen molar-refractivity contribution in [1.29, 1.82) is 0 Å². The summed E-state index contributed by atoms with van der Waals surface area (Å²) in [4.78, 5) is 15.5. The summed E-state index contributed by atoms with van der Waals surface area (Å²) in [6.45, 7) is 0.480. The second-order valence-corrected chi connectivity index (χ2v) is 1.56. The zero-order valence-corrected chi connectivity index (χ0v) is 5.13. The molecular weight excluding hydrogens is 120 g/mol. The molecule has 0 aromatic carbocycles. The van der Waals surface area contributed by atoms with Gasteiger partial charge in [-0.25, -0.2) is 4.79 Å². The van der Waals surface area contributed by atoms with Crippen molar-refractivity contribution < 1.29 is 9.63 Å². The van der Waals surface area contributed by atoms with Crippen LogP contribution in [0.2, 0.25) is 0 Å². The van der Waals surface area contributed by atoms with Crippen LogP contribution in [0.3, 0.4) is 0 Å². The van der Waals surface area contributed by atoms with E-state index >= 15 is 0 Å². The van der Waals surface area contributed by atoms with E-state index in [2.05, 4.69) is 5.32 Å². The van der Waals surface area contributed by atoms with Crippen molar-refractivity contribution >= 4 is 6.03 Å². The van der Waals surface area contributed by atoms with Crippen LogP contribution in [0.1, 0.15) is 0 Å². The number of carbonyl (C=O) groups is 1. The third-order valence-corrected chi connectivity index (χ3v) is 0.965. The lowest BCUT2D eigenvalue weighted by Crippen LogP contribution is -2.31. The third-order valence-electron chi connectivity index (χ3n) is 0.965. The Kier molecular flexibility index (Phi) is 1.69. The number of carbonyl (C=O) groups excluding carboxylic acids is 1. The quantitative estimate of drug-likeness (QED) is 0.502. The third kappa shape index (κ3) is 1.20. The van der Waals surface area contributed by atoms with Gasteiger partial charge in [0.2, 0.25) is 0 Å². The number of hydrogen-bond acceptors (Lipinski definition) is 2. The lowest BCUT2D eigenvalue weighted by molar-refractivity contribution is -0.0481. The molecule has 0 aromatic rings. The molecule has 1 aliphatic rings. The van der Waals surface area contributed by atoms with Crippen LogP contribution in [0.5, 0.6) is 0 Å². The molecule has 0 unspecified atom stereocenters. The van der Waals surface area contributed by atoms with Gasteiger partial charge in [-0.05, 0) is 6.08 Å². The number of rotatable bonds is 0. The molecule has 1 heterocycles. The van der Waals surface area contributed by atoms with E-state index in [0.29, 0.717) is 6.61 Å². The summed E-state index contributed by atoms with van der Waals surface area (Å²) in [5.74, 6) is 0. The van der Waals surface area contributed by atoms with E-state index in [-0.39, 0.29) is 6.03 Å². The molecule has 0 atom stereocenters. The van der Waals surface area contributed by atoms with Gasteiger partial charge in [-0.3, -0.25) is 4.84 Å². The average molecular weight is 128 g/mol. The van der Waals surface area contributed by atoms with Crippen molar-refractivity contribution in [2.75, 3.05) is 13.7 Å². The van der Waals surface area contributed by atoms with Crippen molar-refractivity contribution in [3.63, 3.8) is 0 Å². The topological polar surface area (TPSA) is 41.6 Å². The predicted octanol–water partition coefficient (Wildman–Crippen LogP) is 0.0867. The van der Waals surface area contributed by atoms with Crippen molar-refractivity contribution in [2.45, 2.75) is 0 Å². The number of urea groups is 1. The fourth-order valence-electron chi connectivity index (χ4n) is 0.542. The minimum atomic E-state index is -0.247. The van der Waals surface area contributed by atoms with Gasteiger partial charge in [0.15, 0.2) is 0 Å². The minimum absolute atomic E-state index is 0.247. The molecule has 0 spiro atoms. The molecule has 1 rings (SSSR count). The van der Waals surface area contributed by atoms with Gasteiger partial charge in [-0.15, -0.1) is 0 Å². The second kappa shape index (κ2) is 2.50. The summed E-state index contributed by atoms with van der Waals surface area (Å²) in [5, 5.41) is 3.57. The van der Waals surface area contributed by atoms with E-state index in [9.17, 15) is 4.79 Å². The van der Waals surface area contributed by atoms with Crippen molar-refractivity contribution in [3.05, 3.63) is 12.3 Å². The highest BCUT2D eigenvalue weighted by molar-refractivity contribution is 5.73. The van der Waals surface area contributed by atoms with E-state index in [1.807, 2.05) is 0 Å². The highest BCUT2D eigenvalue weighted by Crippen LogP contribution is 1.99. The molecule has 2 amide bonds. The maximum atomic E-state index is 10.7. The van der Waals surface area contributed by atoms with Crippen molar-refractivity contribution in [3.8, 4) is 0 Å². The summed E-state index contributed by atoms with van der Waals surface area (Å²) in [5.41, 5.74) is 0. The van der Waals surface area contributed by atoms with Crippen molar-refractivity contribution in [2.24, 2.45) is 0 Å². The van der Waals surface area contributed by atoms with Crippen molar-refractivity contribution in [1.82, 2.24) is 10.4 Å². The number of hydrogen-bond donors (Lipinski definition) is 1. The normalized spacial score (nSPS) is 16.3. The van der Waals surface area contributed by atoms with Crippen LogP contribution in [0.4, 0.5) is 4.79 Å². The summed E-state index contributed by atoms with van der Waals surface area (Å²) in [6, 6.07) is -0.247. The SMILES string of the molecule is CNC(=O)N1C=CCO1. The Labute approximate surface area is 53.0 Å². The van der Waals surface area contributed by atoms with Gasteiger partial charge < -0.3 is 5.32 Å². The summed E-state index contributed by atoms with van der Waals surface area (Å²) in [6.07, 6.45) is 3.34. The smallest absolute Gasteiger partial charge is 0.339 e. The van der Waals surface area contributed by atoms with Gasteiger partial charge in [0.25, 0.3) is 0 Å². The van der Waals surface area contributed by atoms with Gasteiger partial charge in [-0.2, -0.15) is 5.06 Å². The average Bonchev–Trinajstić information content (AvgIpc) is 2.37. The van der Waals surface area contributed by atoms with E-state index in [0.717, 1.165) is 5.06 Å². The van der Waals surface area contributed by atoms with Gasteiger partial charge in [0, 0.05) is 13.2 Å². The van der Waals surface area contributed by atoms with Crippen LogP contribution in [0.25, 0.3) is 0 Å². The van der Waals surface area contributed by atoms with E-state index < -0.39 is 0 Å². The molecule has 1 N–H and O–H groups in total. The molecule has 0 radical (unpaired) electrons. The van der Waals surface area contributed by atoms with Crippen LogP contribution < -0.4 is 5.32 Å². The van der Waals surface area contributed by atoms with E-state index in [1.165, 1.54) is 0 Å². The lowest BCUT2D eigenvalue weighted by Gasteiger charge is -2.09. The predicted molar refractivity (Wildman–Crippen MR) is 31.4 cm³/mol. The van der Waals surface area contributed by atoms with E-state index in [4.69, 9.17) is 4.84 Å². The molecule has 50 valence electrons. The van der Waals surface area contributed by atoms with Crippen LogP contribution in [-0.2, 0) is 4.84 Å². The van der Waals surface area contributed by atoms with Gasteiger partial charge in [0.05, 0.1) is 6.61 Å². The van der Waals surface area contributed by atoms with Gasteiger partial charge in [0.1, 0.15) is 0 Å². The second-order valence-electron chi connectivity index (χ2n) is 1.56. The van der Waals surface area contributed by atoms with Crippen LogP contribution >= 0.6 is 0 Å². The number of hydroxylamine groups is 2. The van der Waals surface area contributed by atoms with E-state index in [1.54, 1.807) is 19.3 Å². The molecule has 1 aliphatic heterocycles. The minimum Gasteiger partial charge on any atom is -0.339 e. The molecule has 9 heavy (non-hydrogen) atoms. The highest BCUT2D eigenvalue weighted by atomic mass is 16.7. The standard InChI is InChI=1S/C5H8N2O2/c1-6-5(8)7-3-2-4-9-7/h2-3H,4H2,1H3,(H,6,8). The molecule has 0 aromatic heterocycles. The fourth-order valence-corrected chi connectivity index (χ4v) is 0.542. The maximum absolute atomic E-state index is 10.7. The van der Waals surface area contributed by atoms with Gasteiger partial charge in [-0.1, -0.05) is 0 Å². The Bertz CT molecular complexity index is 144. The zero-order chi connectivity index (χ0) is 6.69. The molecule has 0 aliphatic carbocycles. The first kappa shape index (κ1) is 6.10. The Morgan fingerprint density at radius 1 is 1.89 bits per heavy atom.